The maximum atomic E-state index is 6.47. The normalized spacial score (nSPS) is 25.0. The molecule has 1 saturated heterocycles. The Morgan fingerprint density at radius 1 is 1.17 bits per heavy atom. The van der Waals surface area contributed by atoms with Gasteiger partial charge in [-0.2, -0.15) is 0 Å². The van der Waals surface area contributed by atoms with E-state index in [0.717, 1.165) is 42.0 Å². The fourth-order valence-electron chi connectivity index (χ4n) is 4.03. The third-order valence-electron chi connectivity index (χ3n) is 5.72. The predicted octanol–water partition coefficient (Wildman–Crippen LogP) is 3.68. The minimum atomic E-state index is 0.0499. The Labute approximate surface area is 177 Å². The lowest BCUT2D eigenvalue weighted by molar-refractivity contribution is -0.0819. The Morgan fingerprint density at radius 2 is 2.03 bits per heavy atom. The Bertz CT molecular complexity index is 805. The van der Waals surface area contributed by atoms with Crippen molar-refractivity contribution in [1.82, 2.24) is 9.97 Å². The zero-order valence-corrected chi connectivity index (χ0v) is 17.4. The summed E-state index contributed by atoms with van der Waals surface area (Å²) in [5, 5.41) is 3.96. The predicted molar refractivity (Wildman–Crippen MR) is 115 cm³/mol. The molecular weight excluding hydrogens is 388 g/mol. The van der Waals surface area contributed by atoms with Crippen LogP contribution in [0.2, 0.25) is 5.02 Å². The molecule has 7 heteroatoms. The van der Waals surface area contributed by atoms with Crippen LogP contribution < -0.4 is 11.1 Å². The van der Waals surface area contributed by atoms with E-state index in [4.69, 9.17) is 31.8 Å². The molecule has 0 aromatic carbocycles. The summed E-state index contributed by atoms with van der Waals surface area (Å²) in [6, 6.07) is 8.37. The lowest BCUT2D eigenvalue weighted by atomic mass is 9.83. The average Bonchev–Trinajstić information content (AvgIpc) is 2.76. The summed E-state index contributed by atoms with van der Waals surface area (Å²) in [6.45, 7) is 2.58. The molecule has 2 aromatic rings. The lowest BCUT2D eigenvalue weighted by Crippen LogP contribution is -2.34. The van der Waals surface area contributed by atoms with Crippen molar-refractivity contribution in [2.24, 2.45) is 11.7 Å². The van der Waals surface area contributed by atoms with Crippen molar-refractivity contribution in [2.75, 3.05) is 31.7 Å². The van der Waals surface area contributed by atoms with E-state index < -0.39 is 0 Å². The second-order valence-electron chi connectivity index (χ2n) is 8.00. The number of nitrogens with two attached hydrogens (primary N) is 1. The van der Waals surface area contributed by atoms with Gasteiger partial charge in [-0.3, -0.25) is 4.98 Å². The summed E-state index contributed by atoms with van der Waals surface area (Å²) >= 11 is 6.47. The molecule has 0 radical (unpaired) electrons. The first-order valence-electron chi connectivity index (χ1n) is 10.5. The second-order valence-corrected chi connectivity index (χ2v) is 8.40. The molecule has 1 atom stereocenters. The highest BCUT2D eigenvalue weighted by Gasteiger charge is 2.20. The van der Waals surface area contributed by atoms with Crippen LogP contribution in [0.3, 0.4) is 0 Å². The van der Waals surface area contributed by atoms with Crippen molar-refractivity contribution in [2.45, 2.75) is 44.2 Å². The smallest absolute Gasteiger partial charge is 0.126 e. The summed E-state index contributed by atoms with van der Waals surface area (Å²) < 4.78 is 11.1. The van der Waals surface area contributed by atoms with E-state index in [0.29, 0.717) is 43.3 Å². The van der Waals surface area contributed by atoms with Crippen LogP contribution in [0.4, 0.5) is 5.82 Å². The minimum absolute atomic E-state index is 0.0499. The maximum Gasteiger partial charge on any atom is 0.126 e. The lowest BCUT2D eigenvalue weighted by Gasteiger charge is -2.25. The van der Waals surface area contributed by atoms with Gasteiger partial charge >= 0.3 is 0 Å². The Hall–Kier alpha value is -1.73. The molecule has 0 bridgehead atoms. The van der Waals surface area contributed by atoms with Crippen molar-refractivity contribution in [3.63, 3.8) is 0 Å². The largest absolute Gasteiger partial charge is 0.376 e. The van der Waals surface area contributed by atoms with Crippen molar-refractivity contribution < 1.29 is 9.47 Å². The van der Waals surface area contributed by atoms with E-state index in [1.807, 2.05) is 18.2 Å². The average molecular weight is 417 g/mol. The summed E-state index contributed by atoms with van der Waals surface area (Å²) in [6.07, 6.45) is 7.32. The van der Waals surface area contributed by atoms with Gasteiger partial charge in [0, 0.05) is 30.0 Å². The van der Waals surface area contributed by atoms with Gasteiger partial charge in [0.25, 0.3) is 0 Å². The van der Waals surface area contributed by atoms with Crippen LogP contribution in [0.15, 0.2) is 30.5 Å². The van der Waals surface area contributed by atoms with Crippen LogP contribution in [0.25, 0.3) is 11.3 Å². The number of aromatic nitrogens is 2. The number of halogens is 1. The molecule has 0 amide bonds. The van der Waals surface area contributed by atoms with Gasteiger partial charge in [-0.15, -0.1) is 0 Å². The van der Waals surface area contributed by atoms with Crippen molar-refractivity contribution in [1.29, 1.82) is 0 Å². The van der Waals surface area contributed by atoms with Crippen molar-refractivity contribution in [3.8, 4) is 11.3 Å². The molecule has 1 saturated carbocycles. The molecule has 2 aromatic heterocycles. The van der Waals surface area contributed by atoms with Crippen LogP contribution in [0.1, 0.15) is 31.4 Å². The van der Waals surface area contributed by atoms with Gasteiger partial charge < -0.3 is 20.5 Å². The molecule has 3 heterocycles. The molecule has 6 nitrogen and oxygen atoms in total. The molecule has 1 aliphatic heterocycles. The van der Waals surface area contributed by atoms with E-state index in [1.165, 1.54) is 12.8 Å². The Balaban J connectivity index is 1.44. The fraction of sp³-hybridized carbons (Fsp3) is 0.545. The molecular formula is C22H29ClN4O2. The van der Waals surface area contributed by atoms with Gasteiger partial charge in [0.05, 0.1) is 36.6 Å². The second kappa shape index (κ2) is 9.85. The molecule has 2 aliphatic rings. The molecule has 3 N–H and O–H groups in total. The van der Waals surface area contributed by atoms with Crippen LogP contribution in [-0.4, -0.2) is 48.5 Å². The van der Waals surface area contributed by atoms with Gasteiger partial charge in [-0.1, -0.05) is 17.7 Å². The van der Waals surface area contributed by atoms with E-state index in [2.05, 4.69) is 16.4 Å². The van der Waals surface area contributed by atoms with E-state index in [9.17, 15) is 0 Å². The standard InChI is InChI=1S/C22H29ClN4O2/c23-20-13-25-17(10-15-4-6-16(24)7-5-15)11-19(20)21-2-1-3-22(27-21)26-12-18-14-28-8-9-29-18/h1-3,11,13,15-16,18H,4-10,12,14,24H2,(H,26,27). The number of hydrogen-bond acceptors (Lipinski definition) is 6. The quantitative estimate of drug-likeness (QED) is 0.747. The molecule has 1 unspecified atom stereocenters. The van der Waals surface area contributed by atoms with Gasteiger partial charge in [0.2, 0.25) is 0 Å². The Kier molecular flexibility index (Phi) is 6.98. The SMILES string of the molecule is NC1CCC(Cc2cc(-c3cccc(NCC4COCCO4)n3)c(Cl)cn2)CC1. The Morgan fingerprint density at radius 3 is 2.83 bits per heavy atom. The van der Waals surface area contributed by atoms with Crippen LogP contribution in [0, 0.1) is 5.92 Å². The van der Waals surface area contributed by atoms with Gasteiger partial charge in [-0.25, -0.2) is 4.98 Å². The summed E-state index contributed by atoms with van der Waals surface area (Å²) in [5.41, 5.74) is 8.87. The molecule has 0 spiro atoms. The van der Waals surface area contributed by atoms with Gasteiger partial charge in [0.15, 0.2) is 0 Å². The third kappa shape index (κ3) is 5.66. The molecule has 29 heavy (non-hydrogen) atoms. The third-order valence-corrected chi connectivity index (χ3v) is 6.02. The molecule has 1 aliphatic carbocycles. The number of nitrogens with zero attached hydrogens (tertiary/aromatic N) is 2. The number of anilines is 1. The van der Waals surface area contributed by atoms with Crippen LogP contribution in [-0.2, 0) is 15.9 Å². The van der Waals surface area contributed by atoms with Crippen molar-refractivity contribution >= 4 is 17.4 Å². The monoisotopic (exact) mass is 416 g/mol. The zero-order chi connectivity index (χ0) is 20.1. The minimum Gasteiger partial charge on any atom is -0.376 e. The first-order valence-corrected chi connectivity index (χ1v) is 10.9. The first kappa shape index (κ1) is 20.5. The number of rotatable bonds is 6. The highest BCUT2D eigenvalue weighted by atomic mass is 35.5. The van der Waals surface area contributed by atoms with Crippen LogP contribution in [0.5, 0.6) is 0 Å². The number of ether oxygens (including phenoxy) is 2. The maximum absolute atomic E-state index is 6.47. The number of pyridine rings is 2. The molecule has 156 valence electrons. The van der Waals surface area contributed by atoms with Crippen LogP contribution >= 0.6 is 11.6 Å². The van der Waals surface area contributed by atoms with E-state index in [-0.39, 0.29) is 6.10 Å². The van der Waals surface area contributed by atoms with Gasteiger partial charge in [-0.05, 0) is 56.2 Å². The summed E-state index contributed by atoms with van der Waals surface area (Å²) in [4.78, 5) is 9.31. The van der Waals surface area contributed by atoms with Crippen molar-refractivity contribution in [3.05, 3.63) is 41.2 Å². The summed E-state index contributed by atoms with van der Waals surface area (Å²) in [7, 11) is 0. The first-order chi connectivity index (χ1) is 14.2. The highest BCUT2D eigenvalue weighted by Crippen LogP contribution is 2.30. The number of nitrogens with one attached hydrogen (secondary N) is 1. The molecule has 4 rings (SSSR count). The highest BCUT2D eigenvalue weighted by molar-refractivity contribution is 6.33. The number of hydrogen-bond donors (Lipinski definition) is 2. The zero-order valence-electron chi connectivity index (χ0n) is 16.6. The fourth-order valence-corrected chi connectivity index (χ4v) is 4.23. The topological polar surface area (TPSA) is 82.3 Å². The molecule has 2 fully saturated rings. The van der Waals surface area contributed by atoms with Gasteiger partial charge in [0.1, 0.15) is 5.82 Å². The summed E-state index contributed by atoms with van der Waals surface area (Å²) in [5.74, 6) is 1.45. The van der Waals surface area contributed by atoms with E-state index >= 15 is 0 Å². The van der Waals surface area contributed by atoms with E-state index in [1.54, 1.807) is 6.20 Å².